The van der Waals surface area contributed by atoms with Crippen molar-refractivity contribution >= 4 is 0 Å². The van der Waals surface area contributed by atoms with E-state index >= 15 is 0 Å². The van der Waals surface area contributed by atoms with Crippen molar-refractivity contribution in [3.8, 4) is 5.75 Å². The van der Waals surface area contributed by atoms with Crippen molar-refractivity contribution in [1.82, 2.24) is 10.3 Å². The van der Waals surface area contributed by atoms with E-state index in [1.807, 2.05) is 20.0 Å². The maximum absolute atomic E-state index is 9.74. The second-order valence-corrected chi connectivity index (χ2v) is 6.05. The number of aromatic nitrogens is 1. The van der Waals surface area contributed by atoms with E-state index in [1.54, 1.807) is 7.11 Å². The molecule has 2 unspecified atom stereocenters. The number of aliphatic hydroxyl groups excluding tert-OH is 1. The number of rotatable bonds is 4. The predicted molar refractivity (Wildman–Crippen MR) is 75.3 cm³/mol. The number of pyridine rings is 1. The van der Waals surface area contributed by atoms with Crippen molar-refractivity contribution in [3.63, 3.8) is 0 Å². The van der Waals surface area contributed by atoms with Crippen molar-refractivity contribution < 1.29 is 9.84 Å². The van der Waals surface area contributed by atoms with Crippen LogP contribution < -0.4 is 10.1 Å². The number of aliphatic hydroxyl groups is 1. The van der Waals surface area contributed by atoms with Gasteiger partial charge in [0.2, 0.25) is 0 Å². The molecule has 0 radical (unpaired) electrons. The third kappa shape index (κ3) is 2.47. The number of aryl methyl sites for hydroxylation is 1. The van der Waals surface area contributed by atoms with E-state index < -0.39 is 0 Å². The van der Waals surface area contributed by atoms with Crippen LogP contribution in [0.25, 0.3) is 0 Å². The van der Waals surface area contributed by atoms with Gasteiger partial charge in [-0.05, 0) is 20.3 Å². The zero-order valence-electron chi connectivity index (χ0n) is 12.4. The minimum atomic E-state index is -0.202. The first-order valence-corrected chi connectivity index (χ1v) is 6.78. The molecule has 19 heavy (non-hydrogen) atoms. The molecule has 106 valence electrons. The summed E-state index contributed by atoms with van der Waals surface area (Å²) in [6.07, 6.45) is 2.46. The van der Waals surface area contributed by atoms with Crippen LogP contribution in [0.5, 0.6) is 5.75 Å². The van der Waals surface area contributed by atoms with Crippen LogP contribution in [0.15, 0.2) is 6.20 Å². The van der Waals surface area contributed by atoms with E-state index in [0.717, 1.165) is 29.0 Å². The third-order valence-electron chi connectivity index (χ3n) is 4.48. The molecular formula is C15H24N2O2. The number of nitrogens with one attached hydrogen (secondary N) is 1. The lowest BCUT2D eigenvalue weighted by Gasteiger charge is -2.49. The zero-order chi connectivity index (χ0) is 14.2. The van der Waals surface area contributed by atoms with Gasteiger partial charge in [0.15, 0.2) is 0 Å². The molecule has 1 aromatic rings. The lowest BCUT2D eigenvalue weighted by Crippen LogP contribution is -2.59. The maximum Gasteiger partial charge on any atom is 0.128 e. The summed E-state index contributed by atoms with van der Waals surface area (Å²) in [6.45, 7) is 8.94. The van der Waals surface area contributed by atoms with Gasteiger partial charge in [-0.2, -0.15) is 0 Å². The maximum atomic E-state index is 9.74. The third-order valence-corrected chi connectivity index (χ3v) is 4.48. The molecular weight excluding hydrogens is 240 g/mol. The summed E-state index contributed by atoms with van der Waals surface area (Å²) in [5.74, 6) is 0.916. The van der Waals surface area contributed by atoms with Gasteiger partial charge >= 0.3 is 0 Å². The fourth-order valence-corrected chi connectivity index (χ4v) is 2.72. The van der Waals surface area contributed by atoms with Gasteiger partial charge in [0.05, 0.1) is 18.9 Å². The summed E-state index contributed by atoms with van der Waals surface area (Å²) in [4.78, 5) is 4.48. The smallest absolute Gasteiger partial charge is 0.128 e. The van der Waals surface area contributed by atoms with Gasteiger partial charge in [-0.15, -0.1) is 0 Å². The number of methoxy groups -OCH3 is 1. The molecule has 0 aromatic carbocycles. The second-order valence-electron chi connectivity index (χ2n) is 6.05. The molecule has 2 rings (SSSR count). The van der Waals surface area contributed by atoms with Gasteiger partial charge in [-0.3, -0.25) is 4.98 Å². The van der Waals surface area contributed by atoms with E-state index in [1.165, 1.54) is 0 Å². The standard InChI is InChI=1S/C15H24N2O2/c1-9-7-16-11(10(2)14(9)19-5)8-17-12-6-13(18)15(12,3)4/h7,12-13,17-18H,6,8H2,1-5H3. The topological polar surface area (TPSA) is 54.4 Å². The molecule has 0 aliphatic heterocycles. The van der Waals surface area contributed by atoms with E-state index in [-0.39, 0.29) is 11.5 Å². The molecule has 1 aliphatic rings. The van der Waals surface area contributed by atoms with Crippen LogP contribution in [0.2, 0.25) is 0 Å². The van der Waals surface area contributed by atoms with E-state index in [9.17, 15) is 5.11 Å². The van der Waals surface area contributed by atoms with E-state index in [0.29, 0.717) is 12.6 Å². The highest BCUT2D eigenvalue weighted by molar-refractivity contribution is 5.41. The average molecular weight is 264 g/mol. The Morgan fingerprint density at radius 3 is 2.68 bits per heavy atom. The van der Waals surface area contributed by atoms with Crippen LogP contribution in [0.3, 0.4) is 0 Å². The summed E-state index contributed by atoms with van der Waals surface area (Å²) in [6, 6.07) is 0.344. The van der Waals surface area contributed by atoms with Crippen LogP contribution >= 0.6 is 0 Å². The Bertz CT molecular complexity index is 471. The number of hydrogen-bond acceptors (Lipinski definition) is 4. The Kier molecular flexibility index (Phi) is 3.83. The summed E-state index contributed by atoms with van der Waals surface area (Å²) < 4.78 is 5.41. The molecule has 1 heterocycles. The minimum Gasteiger partial charge on any atom is -0.496 e. The monoisotopic (exact) mass is 264 g/mol. The summed E-state index contributed by atoms with van der Waals surface area (Å²) in [7, 11) is 1.69. The molecule has 0 amide bonds. The van der Waals surface area contributed by atoms with Crippen molar-refractivity contribution in [1.29, 1.82) is 0 Å². The molecule has 4 heteroatoms. The second kappa shape index (κ2) is 5.10. The van der Waals surface area contributed by atoms with Crippen LogP contribution in [-0.4, -0.2) is 29.3 Å². The summed E-state index contributed by atoms with van der Waals surface area (Å²) >= 11 is 0. The van der Waals surface area contributed by atoms with Crippen LogP contribution in [0.4, 0.5) is 0 Å². The van der Waals surface area contributed by atoms with E-state index in [2.05, 4.69) is 24.1 Å². The first kappa shape index (κ1) is 14.3. The highest BCUT2D eigenvalue weighted by atomic mass is 16.5. The Hall–Kier alpha value is -1.13. The molecule has 0 bridgehead atoms. The number of ether oxygens (including phenoxy) is 1. The summed E-state index contributed by atoms with van der Waals surface area (Å²) in [5, 5.41) is 13.2. The average Bonchev–Trinajstić information content (AvgIpc) is 2.37. The van der Waals surface area contributed by atoms with Crippen LogP contribution in [-0.2, 0) is 6.54 Å². The summed E-state index contributed by atoms with van der Waals surface area (Å²) in [5.41, 5.74) is 3.11. The van der Waals surface area contributed by atoms with Crippen molar-refractivity contribution in [3.05, 3.63) is 23.0 Å². The Morgan fingerprint density at radius 1 is 1.47 bits per heavy atom. The molecule has 2 atom stereocenters. The largest absolute Gasteiger partial charge is 0.496 e. The number of nitrogens with zero attached hydrogens (tertiary/aromatic N) is 1. The van der Waals surface area contributed by atoms with Crippen LogP contribution in [0, 0.1) is 19.3 Å². The van der Waals surface area contributed by atoms with Crippen molar-refractivity contribution in [2.45, 2.75) is 52.8 Å². The Labute approximate surface area is 115 Å². The SMILES string of the molecule is COc1c(C)cnc(CNC2CC(O)C2(C)C)c1C. The van der Waals surface area contributed by atoms with Gasteiger partial charge in [-0.25, -0.2) is 0 Å². The molecule has 1 aliphatic carbocycles. The Morgan fingerprint density at radius 2 is 2.16 bits per heavy atom. The normalized spacial score (nSPS) is 24.9. The molecule has 1 fully saturated rings. The van der Waals surface area contributed by atoms with Gasteiger partial charge in [0, 0.05) is 35.3 Å². The first-order valence-electron chi connectivity index (χ1n) is 6.78. The highest BCUT2D eigenvalue weighted by Gasteiger charge is 2.46. The van der Waals surface area contributed by atoms with Gasteiger partial charge in [-0.1, -0.05) is 13.8 Å². The fraction of sp³-hybridized carbons (Fsp3) is 0.667. The van der Waals surface area contributed by atoms with Gasteiger partial charge in [0.1, 0.15) is 5.75 Å². The number of hydrogen-bond donors (Lipinski definition) is 2. The van der Waals surface area contributed by atoms with E-state index in [4.69, 9.17) is 4.74 Å². The van der Waals surface area contributed by atoms with Crippen LogP contribution in [0.1, 0.15) is 37.1 Å². The predicted octanol–water partition coefficient (Wildman–Crippen LogP) is 1.96. The van der Waals surface area contributed by atoms with Crippen molar-refractivity contribution in [2.75, 3.05) is 7.11 Å². The van der Waals surface area contributed by atoms with Gasteiger partial charge < -0.3 is 15.2 Å². The molecule has 1 aromatic heterocycles. The Balaban J connectivity index is 2.05. The molecule has 2 N–H and O–H groups in total. The lowest BCUT2D eigenvalue weighted by atomic mass is 9.64. The lowest BCUT2D eigenvalue weighted by molar-refractivity contribution is -0.0730. The van der Waals surface area contributed by atoms with Gasteiger partial charge in [0.25, 0.3) is 0 Å². The quantitative estimate of drug-likeness (QED) is 0.873. The first-order chi connectivity index (χ1) is 8.87. The molecule has 0 saturated heterocycles. The highest BCUT2D eigenvalue weighted by Crippen LogP contribution is 2.40. The molecule has 0 spiro atoms. The fourth-order valence-electron chi connectivity index (χ4n) is 2.72. The zero-order valence-corrected chi connectivity index (χ0v) is 12.4. The molecule has 4 nitrogen and oxygen atoms in total. The molecule has 1 saturated carbocycles. The minimum absolute atomic E-state index is 0.0529. The van der Waals surface area contributed by atoms with Crippen molar-refractivity contribution in [2.24, 2.45) is 5.41 Å².